The highest BCUT2D eigenvalue weighted by Crippen LogP contribution is 2.36. The zero-order valence-corrected chi connectivity index (χ0v) is 17.7. The first-order chi connectivity index (χ1) is 13.8. The Kier molecular flexibility index (Phi) is 4.92. The topological polar surface area (TPSA) is 42.3 Å². The Morgan fingerprint density at radius 2 is 1.48 bits per heavy atom. The molecule has 146 valence electrons. The Labute approximate surface area is 174 Å². The molecule has 0 radical (unpaired) electrons. The summed E-state index contributed by atoms with van der Waals surface area (Å²) in [7, 11) is 0. The number of nitrogens with zero attached hydrogens (tertiary/aromatic N) is 2. The van der Waals surface area contributed by atoms with Gasteiger partial charge in [0.1, 0.15) is 0 Å². The number of amides is 2. The van der Waals surface area contributed by atoms with Crippen LogP contribution in [-0.4, -0.2) is 15.7 Å². The average Bonchev–Trinajstić information content (AvgIpc) is 3.10. The molecule has 1 aromatic heterocycles. The average molecular weight is 403 g/mol. The van der Waals surface area contributed by atoms with E-state index >= 15 is 0 Å². The summed E-state index contributed by atoms with van der Waals surface area (Å²) in [6.45, 7) is 8.27. The SMILES string of the molecule is Cc1cc(C)cc(-n2c(C)cc(/C=C3\SC(=O)N(c4ccccc4)C3=O)c2C)c1. The highest BCUT2D eigenvalue weighted by Gasteiger charge is 2.36. The number of para-hydroxylation sites is 1. The Morgan fingerprint density at radius 1 is 0.828 bits per heavy atom. The number of carbonyl (C=O) groups excluding carboxylic acids is 2. The number of hydrogen-bond acceptors (Lipinski definition) is 3. The van der Waals surface area contributed by atoms with Gasteiger partial charge in [-0.2, -0.15) is 0 Å². The van der Waals surface area contributed by atoms with Crippen LogP contribution < -0.4 is 4.90 Å². The largest absolute Gasteiger partial charge is 0.318 e. The molecule has 0 N–H and O–H groups in total. The van der Waals surface area contributed by atoms with Gasteiger partial charge in [0.25, 0.3) is 11.1 Å². The standard InChI is InChI=1S/C24H22N2O2S/c1-15-10-16(2)12-21(11-15)25-17(3)13-19(18(25)4)14-22-23(27)26(24(28)29-22)20-8-6-5-7-9-20/h5-14H,1-4H3/b22-14-. The summed E-state index contributed by atoms with van der Waals surface area (Å²) in [5.74, 6) is -0.276. The molecule has 0 saturated carbocycles. The van der Waals surface area contributed by atoms with Crippen LogP contribution in [0.5, 0.6) is 0 Å². The highest BCUT2D eigenvalue weighted by atomic mass is 32.2. The van der Waals surface area contributed by atoms with Gasteiger partial charge in [-0.3, -0.25) is 9.59 Å². The van der Waals surface area contributed by atoms with Gasteiger partial charge in [0, 0.05) is 17.1 Å². The summed E-state index contributed by atoms with van der Waals surface area (Å²) in [6, 6.07) is 17.6. The lowest BCUT2D eigenvalue weighted by atomic mass is 10.1. The lowest BCUT2D eigenvalue weighted by Crippen LogP contribution is -2.27. The lowest BCUT2D eigenvalue weighted by molar-refractivity contribution is -0.113. The van der Waals surface area contributed by atoms with Gasteiger partial charge in [-0.15, -0.1) is 0 Å². The van der Waals surface area contributed by atoms with Crippen LogP contribution in [0.25, 0.3) is 11.8 Å². The van der Waals surface area contributed by atoms with Gasteiger partial charge < -0.3 is 4.57 Å². The van der Waals surface area contributed by atoms with Crippen molar-refractivity contribution in [2.24, 2.45) is 0 Å². The molecule has 1 saturated heterocycles. The van der Waals surface area contributed by atoms with Crippen molar-refractivity contribution in [2.75, 3.05) is 4.90 Å². The van der Waals surface area contributed by atoms with E-state index in [1.54, 1.807) is 12.1 Å². The number of aromatic nitrogens is 1. The Hall–Kier alpha value is -3.05. The normalized spacial score (nSPS) is 15.6. The van der Waals surface area contributed by atoms with Crippen LogP contribution in [0, 0.1) is 27.7 Å². The molecule has 3 aromatic rings. The van der Waals surface area contributed by atoms with Crippen molar-refractivity contribution >= 4 is 34.7 Å². The maximum Gasteiger partial charge on any atom is 0.298 e. The van der Waals surface area contributed by atoms with Crippen LogP contribution in [0.2, 0.25) is 0 Å². The summed E-state index contributed by atoms with van der Waals surface area (Å²) in [6.07, 6.45) is 1.83. The minimum Gasteiger partial charge on any atom is -0.318 e. The molecule has 0 bridgehead atoms. The van der Waals surface area contributed by atoms with E-state index < -0.39 is 0 Å². The molecule has 4 rings (SSSR count). The zero-order chi connectivity index (χ0) is 20.7. The number of anilines is 1. The number of rotatable bonds is 3. The van der Waals surface area contributed by atoms with Crippen molar-refractivity contribution in [2.45, 2.75) is 27.7 Å². The molecule has 1 aliphatic rings. The molecular formula is C24H22N2O2S. The molecule has 1 fully saturated rings. The molecule has 2 aromatic carbocycles. The van der Waals surface area contributed by atoms with Crippen LogP contribution >= 0.6 is 11.8 Å². The van der Waals surface area contributed by atoms with Crippen molar-refractivity contribution in [3.8, 4) is 5.69 Å². The Morgan fingerprint density at radius 3 is 2.14 bits per heavy atom. The highest BCUT2D eigenvalue weighted by molar-refractivity contribution is 8.19. The Balaban J connectivity index is 1.73. The molecule has 0 aliphatic carbocycles. The predicted molar refractivity (Wildman–Crippen MR) is 120 cm³/mol. The summed E-state index contributed by atoms with van der Waals surface area (Å²) in [5, 5.41) is -0.268. The van der Waals surface area contributed by atoms with E-state index in [1.165, 1.54) is 16.0 Å². The summed E-state index contributed by atoms with van der Waals surface area (Å²) >= 11 is 0.985. The first-order valence-corrected chi connectivity index (χ1v) is 10.3. The van der Waals surface area contributed by atoms with Crippen LogP contribution in [-0.2, 0) is 4.79 Å². The molecule has 2 heterocycles. The molecule has 1 aliphatic heterocycles. The number of thioether (sulfide) groups is 1. The van der Waals surface area contributed by atoms with Crippen LogP contribution in [0.3, 0.4) is 0 Å². The molecule has 29 heavy (non-hydrogen) atoms. The van der Waals surface area contributed by atoms with Crippen molar-refractivity contribution in [1.29, 1.82) is 0 Å². The number of hydrogen-bond donors (Lipinski definition) is 0. The quantitative estimate of drug-likeness (QED) is 0.508. The third kappa shape index (κ3) is 3.54. The molecule has 0 unspecified atom stereocenters. The molecular weight excluding hydrogens is 380 g/mol. The van der Waals surface area contributed by atoms with E-state index in [4.69, 9.17) is 0 Å². The molecule has 2 amide bonds. The zero-order valence-electron chi connectivity index (χ0n) is 16.9. The number of benzene rings is 2. The summed E-state index contributed by atoms with van der Waals surface area (Å²) in [5.41, 5.74) is 7.19. The van der Waals surface area contributed by atoms with Crippen LogP contribution in [0.1, 0.15) is 28.1 Å². The number of carbonyl (C=O) groups is 2. The van der Waals surface area contributed by atoms with Crippen molar-refractivity contribution in [1.82, 2.24) is 4.57 Å². The van der Waals surface area contributed by atoms with E-state index in [0.29, 0.717) is 10.6 Å². The predicted octanol–water partition coefficient (Wildman–Crippen LogP) is 5.95. The number of imide groups is 1. The fourth-order valence-electron chi connectivity index (χ4n) is 3.82. The molecule has 0 spiro atoms. The maximum atomic E-state index is 12.9. The van der Waals surface area contributed by atoms with E-state index in [-0.39, 0.29) is 11.1 Å². The molecule has 5 heteroatoms. The maximum absolute atomic E-state index is 12.9. The third-order valence-electron chi connectivity index (χ3n) is 5.03. The van der Waals surface area contributed by atoms with Gasteiger partial charge in [0.05, 0.1) is 10.6 Å². The number of aryl methyl sites for hydroxylation is 3. The minimum atomic E-state index is -0.276. The van der Waals surface area contributed by atoms with E-state index in [1.807, 2.05) is 31.2 Å². The van der Waals surface area contributed by atoms with Gasteiger partial charge in [-0.05, 0) is 92.6 Å². The fraction of sp³-hybridized carbons (Fsp3) is 0.167. The molecule has 0 atom stereocenters. The van der Waals surface area contributed by atoms with Gasteiger partial charge in [0.15, 0.2) is 0 Å². The monoisotopic (exact) mass is 402 g/mol. The van der Waals surface area contributed by atoms with Crippen molar-refractivity contribution in [3.05, 3.63) is 87.6 Å². The molecule has 4 nitrogen and oxygen atoms in total. The summed E-state index contributed by atoms with van der Waals surface area (Å²) < 4.78 is 2.19. The van der Waals surface area contributed by atoms with Gasteiger partial charge >= 0.3 is 0 Å². The summed E-state index contributed by atoms with van der Waals surface area (Å²) in [4.78, 5) is 27.0. The second-order valence-corrected chi connectivity index (χ2v) is 8.35. The van der Waals surface area contributed by atoms with Gasteiger partial charge in [-0.25, -0.2) is 4.90 Å². The van der Waals surface area contributed by atoms with Gasteiger partial charge in [-0.1, -0.05) is 24.3 Å². The van der Waals surface area contributed by atoms with Crippen molar-refractivity contribution in [3.63, 3.8) is 0 Å². The van der Waals surface area contributed by atoms with E-state index in [2.05, 4.69) is 49.6 Å². The lowest BCUT2D eigenvalue weighted by Gasteiger charge is -2.12. The van der Waals surface area contributed by atoms with E-state index in [9.17, 15) is 9.59 Å². The first-order valence-electron chi connectivity index (χ1n) is 9.46. The second-order valence-electron chi connectivity index (χ2n) is 7.36. The smallest absolute Gasteiger partial charge is 0.298 e. The van der Waals surface area contributed by atoms with Gasteiger partial charge in [0.2, 0.25) is 0 Å². The van der Waals surface area contributed by atoms with Crippen molar-refractivity contribution < 1.29 is 9.59 Å². The first kappa shape index (κ1) is 19.3. The fourth-order valence-corrected chi connectivity index (χ4v) is 4.65. The second kappa shape index (κ2) is 7.41. The Bertz CT molecular complexity index is 1140. The third-order valence-corrected chi connectivity index (χ3v) is 5.90. The van der Waals surface area contributed by atoms with E-state index in [0.717, 1.165) is 34.4 Å². The minimum absolute atomic E-state index is 0.268. The van der Waals surface area contributed by atoms with Crippen LogP contribution in [0.4, 0.5) is 10.5 Å². The van der Waals surface area contributed by atoms with Crippen LogP contribution in [0.15, 0.2) is 59.5 Å².